The van der Waals surface area contributed by atoms with Gasteiger partial charge in [-0.1, -0.05) is 11.2 Å². The highest BCUT2D eigenvalue weighted by Gasteiger charge is 2.18. The number of rotatable bonds is 4. The van der Waals surface area contributed by atoms with Crippen LogP contribution in [0.2, 0.25) is 0 Å². The summed E-state index contributed by atoms with van der Waals surface area (Å²) in [6, 6.07) is 7.16. The Morgan fingerprint density at radius 3 is 2.91 bits per heavy atom. The monoisotopic (exact) mass is 302 g/mol. The van der Waals surface area contributed by atoms with Crippen molar-refractivity contribution in [2.75, 3.05) is 18.5 Å². The largest absolute Gasteiger partial charge is 0.488 e. The summed E-state index contributed by atoms with van der Waals surface area (Å²) in [6.45, 7) is 5.04. The zero-order valence-electron chi connectivity index (χ0n) is 12.6. The molecular formula is C16H18N2O4. The average Bonchev–Trinajstić information content (AvgIpc) is 3.14. The van der Waals surface area contributed by atoms with Crippen molar-refractivity contribution in [2.45, 2.75) is 26.4 Å². The van der Waals surface area contributed by atoms with E-state index >= 15 is 0 Å². The van der Waals surface area contributed by atoms with Crippen LogP contribution < -0.4 is 10.1 Å². The lowest BCUT2D eigenvalue weighted by molar-refractivity contribution is 0.101. The summed E-state index contributed by atoms with van der Waals surface area (Å²) in [6.07, 6.45) is 0.955. The summed E-state index contributed by atoms with van der Waals surface area (Å²) in [5.41, 5.74) is 1.93. The van der Waals surface area contributed by atoms with Crippen molar-refractivity contribution in [1.82, 2.24) is 5.16 Å². The molecule has 2 heterocycles. The number of hydrogen-bond acceptors (Lipinski definition) is 5. The molecule has 1 aromatic heterocycles. The average molecular weight is 302 g/mol. The molecule has 1 saturated heterocycles. The standard InChI is InChI=1S/C16H18N2O4/c1-10-3-4-12(8-15(10)21-13-5-6-20-9-13)17-16(19)14-7-11(2)22-18-14/h3-4,7-8,13H,5-6,9H2,1-2H3,(H,17,19)/t13-/m1/s1. The number of hydrogen-bond donors (Lipinski definition) is 1. The Morgan fingerprint density at radius 2 is 2.23 bits per heavy atom. The van der Waals surface area contributed by atoms with Gasteiger partial charge in [0.25, 0.3) is 5.91 Å². The Bertz CT molecular complexity index is 675. The van der Waals surface area contributed by atoms with Crippen LogP contribution in [0.15, 0.2) is 28.8 Å². The van der Waals surface area contributed by atoms with Gasteiger partial charge in [0, 0.05) is 24.2 Å². The molecule has 0 aliphatic carbocycles. The molecular weight excluding hydrogens is 284 g/mol. The molecule has 1 aromatic carbocycles. The molecule has 1 atom stereocenters. The van der Waals surface area contributed by atoms with E-state index in [1.54, 1.807) is 13.0 Å². The van der Waals surface area contributed by atoms with Gasteiger partial charge in [0.15, 0.2) is 5.69 Å². The Kier molecular flexibility index (Phi) is 4.11. The third-order valence-corrected chi connectivity index (χ3v) is 3.49. The first-order valence-electron chi connectivity index (χ1n) is 7.21. The quantitative estimate of drug-likeness (QED) is 0.940. The van der Waals surface area contributed by atoms with E-state index < -0.39 is 0 Å². The van der Waals surface area contributed by atoms with Gasteiger partial charge in [-0.25, -0.2) is 0 Å². The van der Waals surface area contributed by atoms with Gasteiger partial charge in [-0.2, -0.15) is 0 Å². The number of aryl methyl sites for hydroxylation is 2. The Balaban J connectivity index is 1.72. The van der Waals surface area contributed by atoms with Gasteiger partial charge < -0.3 is 19.3 Å². The van der Waals surface area contributed by atoms with Crippen LogP contribution in [0.1, 0.15) is 28.2 Å². The van der Waals surface area contributed by atoms with Gasteiger partial charge in [-0.05, 0) is 25.5 Å². The molecule has 6 heteroatoms. The number of benzene rings is 1. The molecule has 1 fully saturated rings. The summed E-state index contributed by atoms with van der Waals surface area (Å²) < 4.78 is 16.1. The molecule has 0 radical (unpaired) electrons. The van der Waals surface area contributed by atoms with E-state index in [1.807, 2.05) is 25.1 Å². The van der Waals surface area contributed by atoms with Crippen molar-refractivity contribution in [2.24, 2.45) is 0 Å². The first-order valence-corrected chi connectivity index (χ1v) is 7.21. The fraction of sp³-hybridized carbons (Fsp3) is 0.375. The van der Waals surface area contributed by atoms with Crippen LogP contribution in [-0.4, -0.2) is 30.4 Å². The lowest BCUT2D eigenvalue weighted by atomic mass is 10.2. The van der Waals surface area contributed by atoms with Crippen LogP contribution >= 0.6 is 0 Å². The Labute approximate surface area is 128 Å². The van der Waals surface area contributed by atoms with E-state index in [-0.39, 0.29) is 17.7 Å². The predicted molar refractivity (Wildman–Crippen MR) is 80.2 cm³/mol. The number of carbonyl (C=O) groups is 1. The second-order valence-corrected chi connectivity index (χ2v) is 5.36. The minimum Gasteiger partial charge on any atom is -0.488 e. The highest BCUT2D eigenvalue weighted by molar-refractivity contribution is 6.02. The zero-order valence-corrected chi connectivity index (χ0v) is 12.6. The van der Waals surface area contributed by atoms with Crippen molar-refractivity contribution in [3.8, 4) is 5.75 Å². The number of ether oxygens (including phenoxy) is 2. The number of anilines is 1. The maximum atomic E-state index is 12.1. The highest BCUT2D eigenvalue weighted by Crippen LogP contribution is 2.25. The van der Waals surface area contributed by atoms with Gasteiger partial charge >= 0.3 is 0 Å². The number of nitrogens with zero attached hydrogens (tertiary/aromatic N) is 1. The fourth-order valence-electron chi connectivity index (χ4n) is 2.26. The molecule has 1 aliphatic heterocycles. The Morgan fingerprint density at radius 1 is 1.36 bits per heavy atom. The summed E-state index contributed by atoms with van der Waals surface area (Å²) in [5.74, 6) is 1.04. The highest BCUT2D eigenvalue weighted by atomic mass is 16.5. The maximum absolute atomic E-state index is 12.1. The van der Waals surface area contributed by atoms with E-state index in [0.29, 0.717) is 18.1 Å². The third kappa shape index (κ3) is 3.28. The number of carbonyl (C=O) groups excluding carboxylic acids is 1. The molecule has 0 spiro atoms. The van der Waals surface area contributed by atoms with Gasteiger partial charge in [0.2, 0.25) is 0 Å². The number of nitrogens with one attached hydrogen (secondary N) is 1. The first kappa shape index (κ1) is 14.6. The van der Waals surface area contributed by atoms with Crippen LogP contribution in [0.4, 0.5) is 5.69 Å². The van der Waals surface area contributed by atoms with Gasteiger partial charge in [-0.3, -0.25) is 4.79 Å². The van der Waals surface area contributed by atoms with E-state index in [1.165, 1.54) is 0 Å². The lowest BCUT2D eigenvalue weighted by Gasteiger charge is -2.15. The molecule has 3 rings (SSSR count). The summed E-state index contributed by atoms with van der Waals surface area (Å²) in [5, 5.41) is 6.49. The van der Waals surface area contributed by atoms with Crippen LogP contribution in [0, 0.1) is 13.8 Å². The molecule has 6 nitrogen and oxygen atoms in total. The van der Waals surface area contributed by atoms with Crippen molar-refractivity contribution in [3.63, 3.8) is 0 Å². The first-order chi connectivity index (χ1) is 10.6. The lowest BCUT2D eigenvalue weighted by Crippen LogP contribution is -2.17. The minimum absolute atomic E-state index is 0.0721. The van der Waals surface area contributed by atoms with Crippen LogP contribution in [-0.2, 0) is 4.74 Å². The SMILES string of the molecule is Cc1cc(C(=O)Nc2ccc(C)c(O[C@@H]3CCOC3)c2)no1. The molecule has 0 saturated carbocycles. The van der Waals surface area contributed by atoms with Gasteiger partial charge in [-0.15, -0.1) is 0 Å². The molecule has 1 aliphatic rings. The predicted octanol–water partition coefficient (Wildman–Crippen LogP) is 2.71. The topological polar surface area (TPSA) is 73.6 Å². The summed E-state index contributed by atoms with van der Waals surface area (Å²) >= 11 is 0. The molecule has 1 N–H and O–H groups in total. The molecule has 22 heavy (non-hydrogen) atoms. The molecule has 0 unspecified atom stereocenters. The summed E-state index contributed by atoms with van der Waals surface area (Å²) in [4.78, 5) is 12.1. The van der Waals surface area contributed by atoms with Crippen LogP contribution in [0.25, 0.3) is 0 Å². The van der Waals surface area contributed by atoms with Crippen molar-refractivity contribution in [1.29, 1.82) is 0 Å². The van der Waals surface area contributed by atoms with Crippen LogP contribution in [0.3, 0.4) is 0 Å². The van der Waals surface area contributed by atoms with E-state index in [2.05, 4.69) is 10.5 Å². The summed E-state index contributed by atoms with van der Waals surface area (Å²) in [7, 11) is 0. The van der Waals surface area contributed by atoms with Crippen LogP contribution in [0.5, 0.6) is 5.75 Å². The van der Waals surface area contributed by atoms with Crippen molar-refractivity contribution in [3.05, 3.63) is 41.3 Å². The van der Waals surface area contributed by atoms with Crippen molar-refractivity contribution < 1.29 is 18.8 Å². The fourth-order valence-corrected chi connectivity index (χ4v) is 2.26. The van der Waals surface area contributed by atoms with Crippen molar-refractivity contribution >= 4 is 11.6 Å². The molecule has 2 aromatic rings. The third-order valence-electron chi connectivity index (χ3n) is 3.49. The smallest absolute Gasteiger partial charge is 0.277 e. The molecule has 116 valence electrons. The number of amides is 1. The molecule has 0 bridgehead atoms. The normalized spacial score (nSPS) is 17.5. The minimum atomic E-state index is -0.309. The van der Waals surface area contributed by atoms with E-state index in [4.69, 9.17) is 14.0 Å². The van der Waals surface area contributed by atoms with E-state index in [0.717, 1.165) is 24.3 Å². The second kappa shape index (κ2) is 6.19. The second-order valence-electron chi connectivity index (χ2n) is 5.36. The Hall–Kier alpha value is -2.34. The molecule has 1 amide bonds. The zero-order chi connectivity index (χ0) is 15.5. The number of aromatic nitrogens is 1. The van der Waals surface area contributed by atoms with Gasteiger partial charge in [0.1, 0.15) is 17.6 Å². The van der Waals surface area contributed by atoms with E-state index in [9.17, 15) is 4.79 Å². The maximum Gasteiger partial charge on any atom is 0.277 e. The van der Waals surface area contributed by atoms with Gasteiger partial charge in [0.05, 0.1) is 13.2 Å².